The minimum atomic E-state index is -0.437. The van der Waals surface area contributed by atoms with E-state index in [1.54, 1.807) is 7.11 Å². The van der Waals surface area contributed by atoms with Crippen LogP contribution in [0, 0.1) is 0 Å². The van der Waals surface area contributed by atoms with Gasteiger partial charge < -0.3 is 4.74 Å². The third-order valence-corrected chi connectivity index (χ3v) is 2.70. The van der Waals surface area contributed by atoms with Gasteiger partial charge in [-0.3, -0.25) is 14.3 Å². The Hall–Kier alpha value is -2.14. The number of aromatic amines is 1. The number of methoxy groups -OCH3 is 1. The van der Waals surface area contributed by atoms with Crippen molar-refractivity contribution in [3.05, 3.63) is 69.0 Å². The molecule has 5 nitrogen and oxygen atoms in total. The summed E-state index contributed by atoms with van der Waals surface area (Å²) >= 11 is 0. The Balaban J connectivity index is 2.48. The molecule has 0 amide bonds. The minimum Gasteiger partial charge on any atom is -0.382 e. The average molecular weight is 246 g/mol. The average Bonchev–Trinajstić information content (AvgIpc) is 2.38. The van der Waals surface area contributed by atoms with Gasteiger partial charge in [-0.05, 0) is 5.56 Å². The van der Waals surface area contributed by atoms with Crippen LogP contribution in [0.2, 0.25) is 0 Å². The lowest BCUT2D eigenvalue weighted by Crippen LogP contribution is -2.33. The predicted molar refractivity (Wildman–Crippen MR) is 67.8 cm³/mol. The van der Waals surface area contributed by atoms with E-state index in [2.05, 4.69) is 4.98 Å². The number of nitrogens with zero attached hydrogens (tertiary/aromatic N) is 1. The molecule has 1 unspecified atom stereocenters. The Labute approximate surface area is 104 Å². The van der Waals surface area contributed by atoms with Gasteiger partial charge in [0.05, 0.1) is 12.6 Å². The highest BCUT2D eigenvalue weighted by molar-refractivity contribution is 5.20. The summed E-state index contributed by atoms with van der Waals surface area (Å²) in [5, 5.41) is 0. The van der Waals surface area contributed by atoms with Crippen molar-refractivity contribution in [1.82, 2.24) is 9.55 Å². The summed E-state index contributed by atoms with van der Waals surface area (Å²) in [5.74, 6) is 0. The molecule has 0 saturated heterocycles. The van der Waals surface area contributed by atoms with E-state index in [1.807, 2.05) is 30.3 Å². The van der Waals surface area contributed by atoms with Gasteiger partial charge in [0, 0.05) is 19.4 Å². The van der Waals surface area contributed by atoms with Gasteiger partial charge in [0.25, 0.3) is 5.56 Å². The molecule has 0 aliphatic carbocycles. The first-order valence-corrected chi connectivity index (χ1v) is 5.57. The first-order chi connectivity index (χ1) is 8.72. The second-order valence-electron chi connectivity index (χ2n) is 3.90. The van der Waals surface area contributed by atoms with Crippen molar-refractivity contribution < 1.29 is 4.74 Å². The molecule has 1 aromatic carbocycles. The first-order valence-electron chi connectivity index (χ1n) is 5.57. The summed E-state index contributed by atoms with van der Waals surface area (Å²) in [7, 11) is 1.58. The molecule has 1 aromatic heterocycles. The van der Waals surface area contributed by atoms with Gasteiger partial charge in [-0.25, -0.2) is 4.79 Å². The highest BCUT2D eigenvalue weighted by Gasteiger charge is 2.14. The fraction of sp³-hybridized carbons (Fsp3) is 0.231. The number of rotatable bonds is 4. The second-order valence-corrected chi connectivity index (χ2v) is 3.90. The minimum absolute atomic E-state index is 0.249. The van der Waals surface area contributed by atoms with E-state index in [0.29, 0.717) is 6.61 Å². The smallest absolute Gasteiger partial charge is 0.328 e. The SMILES string of the molecule is COCC(c1ccccc1)n1ccc(=O)[nH]c1=O. The van der Waals surface area contributed by atoms with E-state index in [1.165, 1.54) is 16.8 Å². The maximum Gasteiger partial charge on any atom is 0.328 e. The van der Waals surface area contributed by atoms with Crippen LogP contribution in [0.5, 0.6) is 0 Å². The van der Waals surface area contributed by atoms with Crippen molar-refractivity contribution in [1.29, 1.82) is 0 Å². The van der Waals surface area contributed by atoms with Crippen LogP contribution in [0.3, 0.4) is 0 Å². The van der Waals surface area contributed by atoms with Gasteiger partial charge in [0.1, 0.15) is 0 Å². The van der Waals surface area contributed by atoms with Gasteiger partial charge in [-0.1, -0.05) is 30.3 Å². The number of hydrogen-bond acceptors (Lipinski definition) is 3. The molecule has 2 aromatic rings. The lowest BCUT2D eigenvalue weighted by molar-refractivity contribution is 0.167. The molecule has 5 heteroatoms. The van der Waals surface area contributed by atoms with Crippen LogP contribution in [0.1, 0.15) is 11.6 Å². The number of nitrogens with one attached hydrogen (secondary N) is 1. The van der Waals surface area contributed by atoms with Gasteiger partial charge in [-0.2, -0.15) is 0 Å². The van der Waals surface area contributed by atoms with E-state index in [-0.39, 0.29) is 6.04 Å². The Kier molecular flexibility index (Phi) is 3.74. The zero-order valence-electron chi connectivity index (χ0n) is 10.00. The summed E-state index contributed by atoms with van der Waals surface area (Å²) in [5.41, 5.74) is 0.113. The van der Waals surface area contributed by atoms with Gasteiger partial charge in [-0.15, -0.1) is 0 Å². The molecule has 1 heterocycles. The monoisotopic (exact) mass is 246 g/mol. The molecular weight excluding hydrogens is 232 g/mol. The van der Waals surface area contributed by atoms with E-state index in [4.69, 9.17) is 4.74 Å². The van der Waals surface area contributed by atoms with Gasteiger partial charge in [0.2, 0.25) is 0 Å². The third-order valence-electron chi connectivity index (χ3n) is 2.70. The largest absolute Gasteiger partial charge is 0.382 e. The predicted octanol–water partition coefficient (Wildman–Crippen LogP) is 0.772. The fourth-order valence-corrected chi connectivity index (χ4v) is 1.84. The molecule has 18 heavy (non-hydrogen) atoms. The van der Waals surface area contributed by atoms with Crippen molar-refractivity contribution in [2.24, 2.45) is 0 Å². The van der Waals surface area contributed by atoms with Crippen LogP contribution < -0.4 is 11.2 Å². The lowest BCUT2D eigenvalue weighted by atomic mass is 10.1. The molecule has 0 radical (unpaired) electrons. The topological polar surface area (TPSA) is 64.1 Å². The van der Waals surface area contributed by atoms with Crippen molar-refractivity contribution in [3.63, 3.8) is 0 Å². The molecule has 0 spiro atoms. The molecule has 1 N–H and O–H groups in total. The van der Waals surface area contributed by atoms with Crippen LogP contribution in [0.4, 0.5) is 0 Å². The zero-order chi connectivity index (χ0) is 13.0. The van der Waals surface area contributed by atoms with Crippen molar-refractivity contribution in [3.8, 4) is 0 Å². The fourth-order valence-electron chi connectivity index (χ4n) is 1.84. The second kappa shape index (κ2) is 5.46. The van der Waals surface area contributed by atoms with E-state index < -0.39 is 11.2 Å². The molecule has 94 valence electrons. The van der Waals surface area contributed by atoms with E-state index in [9.17, 15) is 9.59 Å². The van der Waals surface area contributed by atoms with Crippen LogP contribution in [-0.4, -0.2) is 23.3 Å². The number of hydrogen-bond donors (Lipinski definition) is 1. The molecular formula is C13H14N2O3. The molecule has 0 bridgehead atoms. The molecule has 0 aliphatic rings. The Bertz CT molecular complexity index is 616. The van der Waals surface area contributed by atoms with Crippen LogP contribution in [-0.2, 0) is 4.74 Å². The van der Waals surface area contributed by atoms with E-state index in [0.717, 1.165) is 5.56 Å². The Morgan fingerprint density at radius 2 is 1.94 bits per heavy atom. The van der Waals surface area contributed by atoms with Gasteiger partial charge >= 0.3 is 5.69 Å². The van der Waals surface area contributed by atoms with Crippen molar-refractivity contribution in [2.45, 2.75) is 6.04 Å². The van der Waals surface area contributed by atoms with Crippen LogP contribution in [0.15, 0.2) is 52.2 Å². The third kappa shape index (κ3) is 2.57. The summed E-state index contributed by atoms with van der Waals surface area (Å²) in [6.45, 7) is 0.357. The Morgan fingerprint density at radius 3 is 2.56 bits per heavy atom. The Morgan fingerprint density at radius 1 is 1.22 bits per heavy atom. The number of H-pyrrole nitrogens is 1. The lowest BCUT2D eigenvalue weighted by Gasteiger charge is -2.18. The van der Waals surface area contributed by atoms with Crippen molar-refractivity contribution >= 4 is 0 Å². The maximum absolute atomic E-state index is 11.8. The van der Waals surface area contributed by atoms with Crippen molar-refractivity contribution in [2.75, 3.05) is 13.7 Å². The van der Waals surface area contributed by atoms with Gasteiger partial charge in [0.15, 0.2) is 0 Å². The summed E-state index contributed by atoms with van der Waals surface area (Å²) < 4.78 is 6.60. The molecule has 2 rings (SSSR count). The van der Waals surface area contributed by atoms with Crippen LogP contribution >= 0.6 is 0 Å². The molecule has 0 saturated carbocycles. The molecule has 1 atom stereocenters. The zero-order valence-corrected chi connectivity index (χ0v) is 10.00. The highest BCUT2D eigenvalue weighted by atomic mass is 16.5. The van der Waals surface area contributed by atoms with E-state index >= 15 is 0 Å². The number of benzene rings is 1. The maximum atomic E-state index is 11.8. The normalized spacial score (nSPS) is 12.3. The molecule has 0 fully saturated rings. The summed E-state index contributed by atoms with van der Waals surface area (Å²) in [6.07, 6.45) is 1.48. The number of aromatic nitrogens is 2. The molecule has 0 aliphatic heterocycles. The first kappa shape index (κ1) is 12.3. The summed E-state index contributed by atoms with van der Waals surface area (Å²) in [6, 6.07) is 10.6. The standard InChI is InChI=1S/C13H14N2O3/c1-18-9-11(10-5-3-2-4-6-10)15-8-7-12(16)14-13(15)17/h2-8,11H,9H2,1H3,(H,14,16,17). The quantitative estimate of drug-likeness (QED) is 0.866. The van der Waals surface area contributed by atoms with Crippen LogP contribution in [0.25, 0.3) is 0 Å². The number of ether oxygens (including phenoxy) is 1. The highest BCUT2D eigenvalue weighted by Crippen LogP contribution is 2.15. The summed E-state index contributed by atoms with van der Waals surface area (Å²) in [4.78, 5) is 25.1.